The maximum absolute atomic E-state index is 7.20. The molecule has 0 aliphatic heterocycles. The van der Waals surface area contributed by atoms with Crippen LogP contribution < -0.4 is 0 Å². The minimum atomic E-state index is 0.980. The monoisotopic (exact) mass is 155 g/mol. The molecule has 0 aliphatic rings. The minimum Gasteiger partial charge on any atom is -0.308 e. The van der Waals surface area contributed by atoms with Crippen molar-refractivity contribution >= 4 is 17.0 Å². The molecule has 0 heterocycles. The van der Waals surface area contributed by atoms with Gasteiger partial charge in [-0.1, -0.05) is 42.5 Å². The fourth-order valence-electron chi connectivity index (χ4n) is 1.38. The molecule has 2 aromatic carbocycles. The third kappa shape index (κ3) is 0.996. The normalized spacial score (nSPS) is 10.0. The van der Waals surface area contributed by atoms with Gasteiger partial charge < -0.3 is 5.41 Å². The Morgan fingerprint density at radius 1 is 0.917 bits per heavy atom. The van der Waals surface area contributed by atoms with Crippen LogP contribution in [0, 0.1) is 5.41 Å². The lowest BCUT2D eigenvalue weighted by Crippen LogP contribution is -1.81. The summed E-state index contributed by atoms with van der Waals surface area (Å²) in [7, 11) is 0. The molecule has 12 heavy (non-hydrogen) atoms. The van der Waals surface area contributed by atoms with E-state index in [-0.39, 0.29) is 0 Å². The number of hydrogen-bond donors (Lipinski definition) is 1. The second kappa shape index (κ2) is 2.78. The van der Waals surface area contributed by atoms with Crippen molar-refractivity contribution in [3.05, 3.63) is 48.0 Å². The Balaban J connectivity index is 2.88. The molecule has 1 heteroatoms. The molecule has 0 unspecified atom stereocenters. The summed E-state index contributed by atoms with van der Waals surface area (Å²) in [6.07, 6.45) is 1.39. The quantitative estimate of drug-likeness (QED) is 0.612. The zero-order valence-electron chi connectivity index (χ0n) is 6.62. The van der Waals surface area contributed by atoms with Crippen molar-refractivity contribution in [1.82, 2.24) is 0 Å². The first-order chi connectivity index (χ1) is 5.92. The maximum Gasteiger partial charge on any atom is 0.0256 e. The number of nitrogens with one attached hydrogen (secondary N) is 1. The van der Waals surface area contributed by atoms with Crippen molar-refractivity contribution in [3.8, 4) is 0 Å². The standard InChI is InChI=1S/C11H9N/c12-8-10-6-3-5-9-4-1-2-7-11(9)10/h1-8,12H. The van der Waals surface area contributed by atoms with E-state index in [9.17, 15) is 0 Å². The van der Waals surface area contributed by atoms with Crippen molar-refractivity contribution in [1.29, 1.82) is 5.41 Å². The van der Waals surface area contributed by atoms with Crippen molar-refractivity contribution in [2.24, 2.45) is 0 Å². The van der Waals surface area contributed by atoms with Crippen molar-refractivity contribution < 1.29 is 0 Å². The van der Waals surface area contributed by atoms with Crippen LogP contribution in [0.15, 0.2) is 42.5 Å². The maximum atomic E-state index is 7.20. The molecule has 0 saturated carbocycles. The number of fused-ring (bicyclic) bond motifs is 1. The largest absolute Gasteiger partial charge is 0.308 e. The van der Waals surface area contributed by atoms with E-state index in [0.29, 0.717) is 0 Å². The molecule has 0 aromatic heterocycles. The van der Waals surface area contributed by atoms with Gasteiger partial charge in [0, 0.05) is 6.21 Å². The summed E-state index contributed by atoms with van der Waals surface area (Å²) in [6.45, 7) is 0. The van der Waals surface area contributed by atoms with Gasteiger partial charge >= 0.3 is 0 Å². The smallest absolute Gasteiger partial charge is 0.0256 e. The summed E-state index contributed by atoms with van der Waals surface area (Å²) < 4.78 is 0. The van der Waals surface area contributed by atoms with E-state index in [2.05, 4.69) is 12.1 Å². The highest BCUT2D eigenvalue weighted by molar-refractivity contribution is 5.98. The Labute approximate surface area is 71.2 Å². The zero-order chi connectivity index (χ0) is 8.39. The highest BCUT2D eigenvalue weighted by Gasteiger charge is 1.94. The van der Waals surface area contributed by atoms with Gasteiger partial charge in [0.2, 0.25) is 0 Å². The molecule has 0 atom stereocenters. The van der Waals surface area contributed by atoms with E-state index in [1.54, 1.807) is 0 Å². The van der Waals surface area contributed by atoms with Crippen LogP contribution in [0.25, 0.3) is 10.8 Å². The predicted molar refractivity (Wildman–Crippen MR) is 51.8 cm³/mol. The van der Waals surface area contributed by atoms with Crippen molar-refractivity contribution in [2.45, 2.75) is 0 Å². The van der Waals surface area contributed by atoms with Crippen LogP contribution >= 0.6 is 0 Å². The average Bonchev–Trinajstić information content (AvgIpc) is 2.17. The summed E-state index contributed by atoms with van der Waals surface area (Å²) in [6, 6.07) is 14.1. The summed E-state index contributed by atoms with van der Waals surface area (Å²) in [4.78, 5) is 0. The number of benzene rings is 2. The van der Waals surface area contributed by atoms with Crippen LogP contribution in [0.4, 0.5) is 0 Å². The lowest BCUT2D eigenvalue weighted by atomic mass is 10.1. The van der Waals surface area contributed by atoms with Gasteiger partial charge in [-0.2, -0.15) is 0 Å². The molecule has 0 aliphatic carbocycles. The minimum absolute atomic E-state index is 0.980. The molecule has 0 saturated heterocycles. The van der Waals surface area contributed by atoms with Crippen LogP contribution in [0.5, 0.6) is 0 Å². The summed E-state index contributed by atoms with van der Waals surface area (Å²) >= 11 is 0. The van der Waals surface area contributed by atoms with Gasteiger partial charge in [0.15, 0.2) is 0 Å². The van der Waals surface area contributed by atoms with E-state index in [1.165, 1.54) is 11.6 Å². The molecule has 0 spiro atoms. The Bertz CT molecular complexity index is 413. The van der Waals surface area contributed by atoms with Gasteiger partial charge in [0.1, 0.15) is 0 Å². The fourth-order valence-corrected chi connectivity index (χ4v) is 1.38. The zero-order valence-corrected chi connectivity index (χ0v) is 6.62. The third-order valence-corrected chi connectivity index (χ3v) is 1.98. The SMILES string of the molecule is N=Cc1cccc2ccccc12. The first-order valence-electron chi connectivity index (χ1n) is 3.90. The lowest BCUT2D eigenvalue weighted by molar-refractivity contribution is 1.55. The van der Waals surface area contributed by atoms with Gasteiger partial charge in [-0.3, -0.25) is 0 Å². The van der Waals surface area contributed by atoms with Crippen LogP contribution in [-0.2, 0) is 0 Å². The van der Waals surface area contributed by atoms with Crippen LogP contribution in [0.1, 0.15) is 5.56 Å². The topological polar surface area (TPSA) is 23.9 Å². The molecule has 1 nitrogen and oxygen atoms in total. The first-order valence-corrected chi connectivity index (χ1v) is 3.90. The lowest BCUT2D eigenvalue weighted by Gasteiger charge is -1.99. The molecule has 2 aromatic rings. The summed E-state index contributed by atoms with van der Waals surface area (Å²) in [5.41, 5.74) is 0.980. The van der Waals surface area contributed by atoms with Gasteiger partial charge in [-0.05, 0) is 16.3 Å². The molecular formula is C11H9N. The molecule has 0 bridgehead atoms. The van der Waals surface area contributed by atoms with E-state index >= 15 is 0 Å². The summed E-state index contributed by atoms with van der Waals surface area (Å²) in [5, 5.41) is 9.54. The third-order valence-electron chi connectivity index (χ3n) is 1.98. The van der Waals surface area contributed by atoms with Gasteiger partial charge in [-0.25, -0.2) is 0 Å². The highest BCUT2D eigenvalue weighted by Crippen LogP contribution is 2.16. The average molecular weight is 155 g/mol. The number of rotatable bonds is 1. The van der Waals surface area contributed by atoms with Gasteiger partial charge in [0.05, 0.1) is 0 Å². The predicted octanol–water partition coefficient (Wildman–Crippen LogP) is 2.84. The number of hydrogen-bond acceptors (Lipinski definition) is 1. The Morgan fingerprint density at radius 3 is 2.50 bits per heavy atom. The molecule has 0 amide bonds. The molecule has 58 valence electrons. The molecule has 2 rings (SSSR count). The van der Waals surface area contributed by atoms with E-state index in [0.717, 1.165) is 10.9 Å². The van der Waals surface area contributed by atoms with Crippen LogP contribution in [0.2, 0.25) is 0 Å². The van der Waals surface area contributed by atoms with Gasteiger partial charge in [-0.15, -0.1) is 0 Å². The van der Waals surface area contributed by atoms with E-state index in [1.807, 2.05) is 30.3 Å². The van der Waals surface area contributed by atoms with Gasteiger partial charge in [0.25, 0.3) is 0 Å². The molecule has 1 N–H and O–H groups in total. The molecule has 0 radical (unpaired) electrons. The Morgan fingerprint density at radius 2 is 1.67 bits per heavy atom. The molecule has 0 fully saturated rings. The fraction of sp³-hybridized carbons (Fsp3) is 0. The van der Waals surface area contributed by atoms with E-state index < -0.39 is 0 Å². The summed E-state index contributed by atoms with van der Waals surface area (Å²) in [5.74, 6) is 0. The highest BCUT2D eigenvalue weighted by atomic mass is 14.3. The second-order valence-corrected chi connectivity index (χ2v) is 2.71. The second-order valence-electron chi connectivity index (χ2n) is 2.71. The van der Waals surface area contributed by atoms with Crippen LogP contribution in [0.3, 0.4) is 0 Å². The van der Waals surface area contributed by atoms with E-state index in [4.69, 9.17) is 5.41 Å². The Kier molecular flexibility index (Phi) is 1.63. The first kappa shape index (κ1) is 7.04. The Hall–Kier alpha value is -1.63. The van der Waals surface area contributed by atoms with Crippen molar-refractivity contribution in [3.63, 3.8) is 0 Å². The van der Waals surface area contributed by atoms with Crippen LogP contribution in [-0.4, -0.2) is 6.21 Å². The molecular weight excluding hydrogens is 146 g/mol. The van der Waals surface area contributed by atoms with Crippen molar-refractivity contribution in [2.75, 3.05) is 0 Å².